The monoisotopic (exact) mass is 305 g/mol. The highest BCUT2D eigenvalue weighted by Crippen LogP contribution is 2.11. The van der Waals surface area contributed by atoms with Crippen molar-refractivity contribution in [2.45, 2.75) is 52.6 Å². The fourth-order valence-corrected chi connectivity index (χ4v) is 2.26. The molecule has 0 saturated carbocycles. The van der Waals surface area contributed by atoms with Crippen molar-refractivity contribution >= 4 is 5.96 Å². The van der Waals surface area contributed by atoms with E-state index in [1.165, 1.54) is 24.8 Å². The summed E-state index contributed by atoms with van der Waals surface area (Å²) in [5.41, 5.74) is 1.20. The normalized spacial score (nSPS) is 13.1. The van der Waals surface area contributed by atoms with E-state index in [0.29, 0.717) is 6.04 Å². The predicted octanol–water partition coefficient (Wildman–Crippen LogP) is 3.58. The van der Waals surface area contributed by atoms with Crippen molar-refractivity contribution in [3.8, 4) is 5.75 Å². The van der Waals surface area contributed by atoms with Gasteiger partial charge in [-0.3, -0.25) is 4.99 Å². The summed E-state index contributed by atoms with van der Waals surface area (Å²) in [6.07, 6.45) is 3.70. The summed E-state index contributed by atoms with van der Waals surface area (Å²) in [4.78, 5) is 4.29. The van der Waals surface area contributed by atoms with Crippen LogP contribution >= 0.6 is 0 Å². The highest BCUT2D eigenvalue weighted by molar-refractivity contribution is 5.79. The standard InChI is InChI=1S/C18H31N3O/c1-14(2)7-6-8-15(3)21-18(19-4)20-13-16-9-11-17(22-5)12-10-16/h9-12,14-15H,6-8,13H2,1-5H3,(H2,19,20,21). The third kappa shape index (κ3) is 7.34. The quantitative estimate of drug-likeness (QED) is 0.570. The number of hydrogen-bond donors (Lipinski definition) is 2. The van der Waals surface area contributed by atoms with E-state index in [0.717, 1.165) is 24.2 Å². The van der Waals surface area contributed by atoms with Gasteiger partial charge in [-0.05, 0) is 37.0 Å². The van der Waals surface area contributed by atoms with Crippen LogP contribution in [0.25, 0.3) is 0 Å². The molecular formula is C18H31N3O. The number of ether oxygens (including phenoxy) is 1. The molecule has 0 heterocycles. The summed E-state index contributed by atoms with van der Waals surface area (Å²) >= 11 is 0. The maximum absolute atomic E-state index is 5.17. The lowest BCUT2D eigenvalue weighted by Crippen LogP contribution is -2.41. The minimum atomic E-state index is 0.431. The molecule has 1 unspecified atom stereocenters. The number of nitrogens with one attached hydrogen (secondary N) is 2. The summed E-state index contributed by atoms with van der Waals surface area (Å²) in [6.45, 7) is 7.50. The molecule has 0 aliphatic heterocycles. The largest absolute Gasteiger partial charge is 0.497 e. The summed E-state index contributed by atoms with van der Waals surface area (Å²) < 4.78 is 5.17. The Balaban J connectivity index is 2.35. The van der Waals surface area contributed by atoms with Gasteiger partial charge in [-0.15, -0.1) is 0 Å². The Kier molecular flexibility index (Phi) is 8.41. The van der Waals surface area contributed by atoms with Gasteiger partial charge in [0.15, 0.2) is 5.96 Å². The van der Waals surface area contributed by atoms with E-state index in [4.69, 9.17) is 4.74 Å². The number of rotatable bonds is 8. The Morgan fingerprint density at radius 2 is 1.82 bits per heavy atom. The Morgan fingerprint density at radius 3 is 2.36 bits per heavy atom. The summed E-state index contributed by atoms with van der Waals surface area (Å²) in [6, 6.07) is 8.50. The van der Waals surface area contributed by atoms with Gasteiger partial charge in [-0.1, -0.05) is 38.8 Å². The minimum absolute atomic E-state index is 0.431. The topological polar surface area (TPSA) is 45.7 Å². The SMILES string of the molecule is CN=C(NCc1ccc(OC)cc1)NC(C)CCCC(C)C. The summed E-state index contributed by atoms with van der Waals surface area (Å²) in [7, 11) is 3.49. The highest BCUT2D eigenvalue weighted by atomic mass is 16.5. The first-order valence-corrected chi connectivity index (χ1v) is 8.15. The first-order valence-electron chi connectivity index (χ1n) is 8.15. The van der Waals surface area contributed by atoms with Crippen LogP contribution in [0.3, 0.4) is 0 Å². The van der Waals surface area contributed by atoms with Crippen LogP contribution in [-0.4, -0.2) is 26.2 Å². The zero-order valence-electron chi connectivity index (χ0n) is 14.6. The molecule has 0 aliphatic carbocycles. The van der Waals surface area contributed by atoms with Crippen molar-refractivity contribution in [3.05, 3.63) is 29.8 Å². The average Bonchev–Trinajstić information content (AvgIpc) is 2.51. The molecule has 1 aromatic carbocycles. The van der Waals surface area contributed by atoms with Crippen molar-refractivity contribution in [2.24, 2.45) is 10.9 Å². The smallest absolute Gasteiger partial charge is 0.191 e. The molecule has 0 aromatic heterocycles. The first kappa shape index (κ1) is 18.3. The van der Waals surface area contributed by atoms with Crippen LogP contribution < -0.4 is 15.4 Å². The zero-order chi connectivity index (χ0) is 16.4. The molecule has 124 valence electrons. The molecular weight excluding hydrogens is 274 g/mol. The van der Waals surface area contributed by atoms with Gasteiger partial charge in [0, 0.05) is 19.6 Å². The van der Waals surface area contributed by atoms with Gasteiger partial charge in [-0.2, -0.15) is 0 Å². The molecule has 1 rings (SSSR count). The second-order valence-corrected chi connectivity index (χ2v) is 6.14. The lowest BCUT2D eigenvalue weighted by Gasteiger charge is -2.18. The summed E-state index contributed by atoms with van der Waals surface area (Å²) in [5, 5.41) is 6.80. The lowest BCUT2D eigenvalue weighted by atomic mass is 10.0. The van der Waals surface area contributed by atoms with Crippen LogP contribution in [0.1, 0.15) is 45.6 Å². The van der Waals surface area contributed by atoms with Crippen molar-refractivity contribution in [1.82, 2.24) is 10.6 Å². The highest BCUT2D eigenvalue weighted by Gasteiger charge is 2.06. The number of aliphatic imine (C=N–C) groups is 1. The second-order valence-electron chi connectivity index (χ2n) is 6.14. The molecule has 1 atom stereocenters. The lowest BCUT2D eigenvalue weighted by molar-refractivity contribution is 0.414. The molecule has 4 nitrogen and oxygen atoms in total. The van der Waals surface area contributed by atoms with E-state index in [9.17, 15) is 0 Å². The number of hydrogen-bond acceptors (Lipinski definition) is 2. The van der Waals surface area contributed by atoms with E-state index in [-0.39, 0.29) is 0 Å². The van der Waals surface area contributed by atoms with Crippen molar-refractivity contribution in [3.63, 3.8) is 0 Å². The molecule has 0 spiro atoms. The molecule has 0 radical (unpaired) electrons. The van der Waals surface area contributed by atoms with Crippen LogP contribution in [0.4, 0.5) is 0 Å². The maximum Gasteiger partial charge on any atom is 0.191 e. The van der Waals surface area contributed by atoms with Crippen molar-refractivity contribution in [1.29, 1.82) is 0 Å². The Morgan fingerprint density at radius 1 is 1.14 bits per heavy atom. The van der Waals surface area contributed by atoms with Crippen LogP contribution in [0, 0.1) is 5.92 Å². The van der Waals surface area contributed by atoms with Gasteiger partial charge in [0.2, 0.25) is 0 Å². The fourth-order valence-electron chi connectivity index (χ4n) is 2.26. The average molecular weight is 305 g/mol. The van der Waals surface area contributed by atoms with E-state index in [1.807, 2.05) is 19.2 Å². The Labute approximate surface area is 135 Å². The molecule has 2 N–H and O–H groups in total. The van der Waals surface area contributed by atoms with Crippen LogP contribution in [0.15, 0.2) is 29.3 Å². The molecule has 0 fully saturated rings. The second kappa shape index (κ2) is 10.1. The van der Waals surface area contributed by atoms with Crippen molar-refractivity contribution in [2.75, 3.05) is 14.2 Å². The molecule has 1 aromatic rings. The molecule has 0 bridgehead atoms. The number of methoxy groups -OCH3 is 1. The van der Waals surface area contributed by atoms with E-state index >= 15 is 0 Å². The first-order chi connectivity index (χ1) is 10.5. The van der Waals surface area contributed by atoms with Gasteiger partial charge < -0.3 is 15.4 Å². The molecule has 0 aliphatic rings. The van der Waals surface area contributed by atoms with Gasteiger partial charge in [0.1, 0.15) is 5.75 Å². The predicted molar refractivity (Wildman–Crippen MR) is 94.5 cm³/mol. The van der Waals surface area contributed by atoms with E-state index in [1.54, 1.807) is 7.11 Å². The van der Waals surface area contributed by atoms with Gasteiger partial charge in [0.05, 0.1) is 7.11 Å². The third-order valence-electron chi connectivity index (χ3n) is 3.64. The maximum atomic E-state index is 5.17. The van der Waals surface area contributed by atoms with E-state index in [2.05, 4.69) is 48.5 Å². The summed E-state index contributed by atoms with van der Waals surface area (Å²) in [5.74, 6) is 2.51. The fraction of sp³-hybridized carbons (Fsp3) is 0.611. The molecule has 0 saturated heterocycles. The number of guanidine groups is 1. The molecule has 22 heavy (non-hydrogen) atoms. The van der Waals surface area contributed by atoms with Gasteiger partial charge >= 0.3 is 0 Å². The van der Waals surface area contributed by atoms with E-state index < -0.39 is 0 Å². The van der Waals surface area contributed by atoms with Crippen LogP contribution in [0.5, 0.6) is 5.75 Å². The third-order valence-corrected chi connectivity index (χ3v) is 3.64. The minimum Gasteiger partial charge on any atom is -0.497 e. The number of nitrogens with zero attached hydrogens (tertiary/aromatic N) is 1. The van der Waals surface area contributed by atoms with Crippen LogP contribution in [0.2, 0.25) is 0 Å². The Bertz CT molecular complexity index is 440. The zero-order valence-corrected chi connectivity index (χ0v) is 14.6. The van der Waals surface area contributed by atoms with Gasteiger partial charge in [-0.25, -0.2) is 0 Å². The van der Waals surface area contributed by atoms with Gasteiger partial charge in [0.25, 0.3) is 0 Å². The molecule has 0 amide bonds. The Hall–Kier alpha value is -1.71. The van der Waals surface area contributed by atoms with Crippen LogP contribution in [-0.2, 0) is 6.54 Å². The molecule has 4 heteroatoms. The number of benzene rings is 1. The van der Waals surface area contributed by atoms with Crippen molar-refractivity contribution < 1.29 is 4.74 Å².